The minimum absolute atomic E-state index is 0.0772. The van der Waals surface area contributed by atoms with Gasteiger partial charge in [0, 0.05) is 17.6 Å². The average Bonchev–Trinajstić information content (AvgIpc) is 2.27. The molecule has 0 saturated heterocycles. The van der Waals surface area contributed by atoms with Crippen LogP contribution in [0.4, 0.5) is 0 Å². The first-order valence-electron chi connectivity index (χ1n) is 5.40. The molecule has 100 valence electrons. The Morgan fingerprint density at radius 1 is 1.67 bits per heavy atom. The molecule has 7 heteroatoms. The smallest absolute Gasteiger partial charge is 0.305 e. The molecule has 0 aliphatic heterocycles. The fraction of sp³-hybridized carbons (Fsp3) is 0.455. The van der Waals surface area contributed by atoms with E-state index in [1.807, 2.05) is 13.8 Å². The molecule has 1 aromatic rings. The lowest BCUT2D eigenvalue weighted by molar-refractivity contribution is -0.137. The molecule has 1 aromatic heterocycles. The second kappa shape index (κ2) is 7.08. The molecule has 0 spiro atoms. The Hall–Kier alpha value is -0.630. The molecular formula is C11H15BrN2O3S. The number of nitrogens with zero attached hydrogens (tertiary/aromatic N) is 1. The summed E-state index contributed by atoms with van der Waals surface area (Å²) in [6.45, 7) is 3.62. The predicted molar refractivity (Wildman–Crippen MR) is 73.3 cm³/mol. The first-order chi connectivity index (χ1) is 8.40. The van der Waals surface area contributed by atoms with E-state index < -0.39 is 23.4 Å². The molecule has 0 aliphatic rings. The number of aromatic nitrogens is 1. The van der Waals surface area contributed by atoms with Crippen LogP contribution in [0.3, 0.4) is 0 Å². The Labute approximate surface area is 117 Å². The molecule has 1 rings (SSSR count). The van der Waals surface area contributed by atoms with E-state index in [0.29, 0.717) is 4.60 Å². The Bertz CT molecular complexity index is 417. The average molecular weight is 335 g/mol. The van der Waals surface area contributed by atoms with E-state index in [1.54, 1.807) is 18.3 Å². The standard InChI is InChI=1S/C11H15BrN2O3S/c1-7(2)18(17)14-9(6-11(15)16)8-3-4-13-10(12)5-8/h3-5,7,9,14H,6H2,1-2H3,(H,15,16). The Kier molecular flexibility index (Phi) is 6.07. The van der Waals surface area contributed by atoms with E-state index in [0.717, 1.165) is 5.56 Å². The maximum atomic E-state index is 11.8. The van der Waals surface area contributed by atoms with Crippen molar-refractivity contribution in [3.05, 3.63) is 28.5 Å². The maximum absolute atomic E-state index is 11.8. The zero-order valence-corrected chi connectivity index (χ0v) is 12.5. The maximum Gasteiger partial charge on any atom is 0.305 e. The lowest BCUT2D eigenvalue weighted by Gasteiger charge is -2.21. The van der Waals surface area contributed by atoms with Crippen molar-refractivity contribution in [3.63, 3.8) is 0 Å². The van der Waals surface area contributed by atoms with Crippen molar-refractivity contribution < 1.29 is 14.5 Å². The highest BCUT2D eigenvalue weighted by atomic mass is 79.9. The largest absolute Gasteiger partial charge is 0.598 e. The summed E-state index contributed by atoms with van der Waals surface area (Å²) in [5.74, 6) is -0.943. The highest BCUT2D eigenvalue weighted by Crippen LogP contribution is 2.21. The monoisotopic (exact) mass is 334 g/mol. The summed E-state index contributed by atoms with van der Waals surface area (Å²) < 4.78 is 15.2. The van der Waals surface area contributed by atoms with Crippen molar-refractivity contribution >= 4 is 33.3 Å². The van der Waals surface area contributed by atoms with Crippen LogP contribution < -0.4 is 4.72 Å². The SMILES string of the molecule is CC(C)[S+]([O-])NC(CC(=O)O)c1ccnc(Br)c1. The third kappa shape index (κ3) is 4.93. The minimum Gasteiger partial charge on any atom is -0.598 e. The van der Waals surface area contributed by atoms with E-state index in [9.17, 15) is 9.35 Å². The van der Waals surface area contributed by atoms with Crippen molar-refractivity contribution in [1.29, 1.82) is 0 Å². The fourth-order valence-electron chi connectivity index (χ4n) is 1.31. The van der Waals surface area contributed by atoms with Crippen LogP contribution in [0.25, 0.3) is 0 Å². The van der Waals surface area contributed by atoms with Gasteiger partial charge in [-0.25, -0.2) is 4.98 Å². The molecule has 18 heavy (non-hydrogen) atoms. The first-order valence-corrected chi connectivity index (χ1v) is 7.40. The topological polar surface area (TPSA) is 85.3 Å². The third-order valence-electron chi connectivity index (χ3n) is 2.22. The molecule has 1 heterocycles. The van der Waals surface area contributed by atoms with Crippen LogP contribution in [0.2, 0.25) is 0 Å². The molecule has 2 unspecified atom stereocenters. The van der Waals surface area contributed by atoms with Crippen LogP contribution >= 0.6 is 15.9 Å². The second-order valence-corrected chi connectivity index (χ2v) is 6.61. The van der Waals surface area contributed by atoms with Crippen molar-refractivity contribution in [2.75, 3.05) is 0 Å². The summed E-state index contributed by atoms with van der Waals surface area (Å²) in [4.78, 5) is 14.8. The van der Waals surface area contributed by atoms with Crippen LogP contribution in [0, 0.1) is 0 Å². The normalized spacial score (nSPS) is 14.5. The number of pyridine rings is 1. The van der Waals surface area contributed by atoms with Crippen LogP contribution in [0.15, 0.2) is 22.9 Å². The number of carbonyl (C=O) groups is 1. The van der Waals surface area contributed by atoms with Crippen molar-refractivity contribution in [3.8, 4) is 0 Å². The Morgan fingerprint density at radius 2 is 2.33 bits per heavy atom. The summed E-state index contributed by atoms with van der Waals surface area (Å²) in [7, 11) is 0. The van der Waals surface area contributed by atoms with E-state index in [1.165, 1.54) is 0 Å². The fourth-order valence-corrected chi connectivity index (χ4v) is 2.47. The molecule has 0 amide bonds. The molecule has 2 N–H and O–H groups in total. The Balaban J connectivity index is 2.87. The molecule has 0 saturated carbocycles. The zero-order chi connectivity index (χ0) is 13.7. The van der Waals surface area contributed by atoms with Crippen molar-refractivity contribution in [2.24, 2.45) is 0 Å². The van der Waals surface area contributed by atoms with Gasteiger partial charge in [0.2, 0.25) is 0 Å². The van der Waals surface area contributed by atoms with Gasteiger partial charge in [0.05, 0.1) is 12.5 Å². The van der Waals surface area contributed by atoms with Crippen molar-refractivity contribution in [2.45, 2.75) is 31.6 Å². The van der Waals surface area contributed by atoms with Crippen LogP contribution in [-0.2, 0) is 16.2 Å². The quantitative estimate of drug-likeness (QED) is 0.614. The van der Waals surface area contributed by atoms with E-state index >= 15 is 0 Å². The zero-order valence-electron chi connectivity index (χ0n) is 10.1. The summed E-state index contributed by atoms with van der Waals surface area (Å²) in [5, 5.41) is 8.82. The highest BCUT2D eigenvalue weighted by molar-refractivity contribution is 9.10. The molecule has 0 radical (unpaired) electrons. The van der Waals surface area contributed by atoms with Crippen LogP contribution in [0.1, 0.15) is 31.9 Å². The third-order valence-corrected chi connectivity index (χ3v) is 4.03. The van der Waals surface area contributed by atoms with Gasteiger partial charge in [-0.1, -0.05) is 0 Å². The molecular weight excluding hydrogens is 320 g/mol. The second-order valence-electron chi connectivity index (χ2n) is 4.03. The first kappa shape index (κ1) is 15.4. The lowest BCUT2D eigenvalue weighted by Crippen LogP contribution is -2.35. The minimum atomic E-state index is -1.27. The molecule has 5 nitrogen and oxygen atoms in total. The van der Waals surface area contributed by atoms with E-state index in [-0.39, 0.29) is 11.7 Å². The summed E-state index contributed by atoms with van der Waals surface area (Å²) >= 11 is 1.96. The van der Waals surface area contributed by atoms with Gasteiger partial charge in [-0.3, -0.25) is 4.79 Å². The van der Waals surface area contributed by atoms with Gasteiger partial charge in [-0.2, -0.15) is 0 Å². The van der Waals surface area contributed by atoms with Gasteiger partial charge >= 0.3 is 5.97 Å². The number of hydrogen-bond donors (Lipinski definition) is 2. The van der Waals surface area contributed by atoms with Gasteiger partial charge in [0.25, 0.3) is 0 Å². The molecule has 0 fully saturated rings. The molecule has 0 bridgehead atoms. The summed E-state index contributed by atoms with van der Waals surface area (Å²) in [5.41, 5.74) is 0.744. The van der Waals surface area contributed by atoms with E-state index in [2.05, 4.69) is 25.6 Å². The molecule has 0 aliphatic carbocycles. The number of nitrogens with one attached hydrogen (secondary N) is 1. The number of hydrogen-bond acceptors (Lipinski definition) is 4. The summed E-state index contributed by atoms with van der Waals surface area (Å²) in [6, 6.07) is 2.94. The number of rotatable bonds is 6. The van der Waals surface area contributed by atoms with Crippen molar-refractivity contribution in [1.82, 2.24) is 9.71 Å². The van der Waals surface area contributed by atoms with Crippen LogP contribution in [-0.4, -0.2) is 25.9 Å². The number of carboxylic acid groups (broad SMARTS) is 1. The highest BCUT2D eigenvalue weighted by Gasteiger charge is 2.23. The van der Waals surface area contributed by atoms with E-state index in [4.69, 9.17) is 5.11 Å². The number of halogens is 1. The summed E-state index contributed by atoms with van der Waals surface area (Å²) in [6.07, 6.45) is 1.45. The molecule has 0 aromatic carbocycles. The van der Waals surface area contributed by atoms with Gasteiger partial charge in [-0.05, 0) is 47.5 Å². The molecule has 2 atom stereocenters. The van der Waals surface area contributed by atoms with Gasteiger partial charge < -0.3 is 9.66 Å². The Morgan fingerprint density at radius 3 is 2.83 bits per heavy atom. The van der Waals surface area contributed by atoms with Crippen LogP contribution in [0.5, 0.6) is 0 Å². The lowest BCUT2D eigenvalue weighted by atomic mass is 10.1. The number of aliphatic carboxylic acids is 1. The van der Waals surface area contributed by atoms with Gasteiger partial charge in [-0.15, -0.1) is 4.72 Å². The predicted octanol–water partition coefficient (Wildman–Crippen LogP) is 2.02. The van der Waals surface area contributed by atoms with Gasteiger partial charge in [0.1, 0.15) is 9.85 Å². The van der Waals surface area contributed by atoms with Gasteiger partial charge in [0.15, 0.2) is 0 Å². The number of carboxylic acids is 1.